The Hall–Kier alpha value is -4.23. The number of unbranched alkanes of at least 4 members (excludes halogenated alkanes) is 1. The van der Waals surface area contributed by atoms with Crippen molar-refractivity contribution in [2.45, 2.75) is 50.2 Å². The minimum Gasteiger partial charge on any atom is -0.480 e. The number of benzene rings is 1. The molecule has 13 heteroatoms. The SMILES string of the molecule is NCCCCC(NC(=O)CNC(=O)C(Cc1cnc[nH]1)NC(=O)C(N)Cc1c[nH]c2ccccc12)C(=O)O. The Morgan fingerprint density at radius 2 is 1.79 bits per heavy atom. The number of carboxylic acid groups (broad SMARTS) is 1. The number of fused-ring (bicyclic) bond motifs is 1. The minimum absolute atomic E-state index is 0.0792. The van der Waals surface area contributed by atoms with Crippen LogP contribution in [0.1, 0.15) is 30.5 Å². The van der Waals surface area contributed by atoms with E-state index in [1.807, 2.05) is 24.3 Å². The maximum absolute atomic E-state index is 12.9. The van der Waals surface area contributed by atoms with E-state index in [2.05, 4.69) is 30.9 Å². The molecule has 0 saturated heterocycles. The Labute approximate surface area is 219 Å². The molecule has 0 spiro atoms. The van der Waals surface area contributed by atoms with Gasteiger partial charge >= 0.3 is 5.97 Å². The third kappa shape index (κ3) is 8.15. The number of amides is 3. The van der Waals surface area contributed by atoms with Crippen molar-refractivity contribution in [3.8, 4) is 0 Å². The molecule has 1 aromatic carbocycles. The largest absolute Gasteiger partial charge is 0.480 e. The van der Waals surface area contributed by atoms with Crippen molar-refractivity contribution in [2.75, 3.05) is 13.1 Å². The lowest BCUT2D eigenvalue weighted by Gasteiger charge is -2.21. The number of rotatable bonds is 15. The van der Waals surface area contributed by atoms with Crippen molar-refractivity contribution < 1.29 is 24.3 Å². The van der Waals surface area contributed by atoms with E-state index in [-0.39, 0.29) is 19.3 Å². The summed E-state index contributed by atoms with van der Waals surface area (Å²) in [6.07, 6.45) is 6.48. The topological polar surface area (TPSA) is 221 Å². The van der Waals surface area contributed by atoms with Crippen molar-refractivity contribution in [3.05, 3.63) is 54.2 Å². The van der Waals surface area contributed by atoms with Gasteiger partial charge in [0.15, 0.2) is 0 Å². The van der Waals surface area contributed by atoms with Crippen LogP contribution in [-0.2, 0) is 32.0 Å². The van der Waals surface area contributed by atoms with Crippen LogP contribution in [0.15, 0.2) is 43.0 Å². The van der Waals surface area contributed by atoms with Gasteiger partial charge in [-0.3, -0.25) is 14.4 Å². The molecular formula is C25H34N8O5. The van der Waals surface area contributed by atoms with Crippen LogP contribution in [0.5, 0.6) is 0 Å². The number of carbonyl (C=O) groups is 4. The van der Waals surface area contributed by atoms with E-state index in [1.165, 1.54) is 12.5 Å². The predicted molar refractivity (Wildman–Crippen MR) is 140 cm³/mol. The predicted octanol–water partition coefficient (Wildman–Crippen LogP) is -0.697. The Kier molecular flexibility index (Phi) is 10.4. The Bertz CT molecular complexity index is 1230. The van der Waals surface area contributed by atoms with E-state index in [1.54, 1.807) is 6.20 Å². The lowest BCUT2D eigenvalue weighted by Crippen LogP contribution is -2.54. The number of H-pyrrole nitrogens is 2. The van der Waals surface area contributed by atoms with Gasteiger partial charge in [-0.1, -0.05) is 18.2 Å². The van der Waals surface area contributed by atoms with Crippen molar-refractivity contribution in [1.29, 1.82) is 0 Å². The summed E-state index contributed by atoms with van der Waals surface area (Å²) in [5.41, 5.74) is 14.0. The number of nitrogens with two attached hydrogens (primary N) is 2. The van der Waals surface area contributed by atoms with Crippen molar-refractivity contribution in [3.63, 3.8) is 0 Å². The molecule has 0 aliphatic heterocycles. The molecule has 0 bridgehead atoms. The van der Waals surface area contributed by atoms with Crippen LogP contribution in [0.25, 0.3) is 10.9 Å². The zero-order valence-electron chi connectivity index (χ0n) is 20.9. The first-order valence-electron chi connectivity index (χ1n) is 12.4. The molecule has 204 valence electrons. The normalized spacial score (nSPS) is 13.4. The van der Waals surface area contributed by atoms with Crippen LogP contribution in [-0.4, -0.2) is 75.0 Å². The van der Waals surface area contributed by atoms with Crippen LogP contribution >= 0.6 is 0 Å². The molecule has 0 radical (unpaired) electrons. The van der Waals surface area contributed by atoms with Gasteiger partial charge in [-0.15, -0.1) is 0 Å². The lowest BCUT2D eigenvalue weighted by atomic mass is 10.0. The summed E-state index contributed by atoms with van der Waals surface area (Å²) in [6.45, 7) is -0.0402. The number of hydrogen-bond acceptors (Lipinski definition) is 7. The third-order valence-electron chi connectivity index (χ3n) is 6.07. The quantitative estimate of drug-likeness (QED) is 0.118. The highest BCUT2D eigenvalue weighted by Gasteiger charge is 2.26. The molecule has 2 heterocycles. The highest BCUT2D eigenvalue weighted by atomic mass is 16.4. The van der Waals surface area contributed by atoms with Crippen LogP contribution in [0.2, 0.25) is 0 Å². The van der Waals surface area contributed by atoms with E-state index in [9.17, 15) is 24.3 Å². The molecule has 3 amide bonds. The van der Waals surface area contributed by atoms with Gasteiger partial charge in [-0.2, -0.15) is 0 Å². The van der Waals surface area contributed by atoms with Crippen molar-refractivity contribution >= 4 is 34.6 Å². The fourth-order valence-corrected chi connectivity index (χ4v) is 4.02. The Morgan fingerprint density at radius 3 is 2.50 bits per heavy atom. The van der Waals surface area contributed by atoms with Crippen LogP contribution in [0.3, 0.4) is 0 Å². The monoisotopic (exact) mass is 526 g/mol. The summed E-state index contributed by atoms with van der Waals surface area (Å²) in [6, 6.07) is 4.57. The molecule has 3 unspecified atom stereocenters. The van der Waals surface area contributed by atoms with Gasteiger partial charge in [0.1, 0.15) is 12.1 Å². The number of carboxylic acids is 1. The molecule has 0 aliphatic carbocycles. The number of aromatic amines is 2. The molecule has 3 atom stereocenters. The summed E-state index contributed by atoms with van der Waals surface area (Å²) >= 11 is 0. The number of para-hydroxylation sites is 1. The third-order valence-corrected chi connectivity index (χ3v) is 6.07. The molecule has 2 aromatic heterocycles. The summed E-state index contributed by atoms with van der Waals surface area (Å²) < 4.78 is 0. The second-order valence-corrected chi connectivity index (χ2v) is 8.97. The van der Waals surface area contributed by atoms with Crippen LogP contribution in [0, 0.1) is 0 Å². The van der Waals surface area contributed by atoms with Gasteiger partial charge < -0.3 is 42.5 Å². The van der Waals surface area contributed by atoms with Crippen LogP contribution < -0.4 is 27.4 Å². The first-order chi connectivity index (χ1) is 18.3. The van der Waals surface area contributed by atoms with E-state index < -0.39 is 48.4 Å². The Morgan fingerprint density at radius 1 is 1.00 bits per heavy atom. The summed E-state index contributed by atoms with van der Waals surface area (Å²) in [5.74, 6) is -3.00. The molecule has 0 saturated carbocycles. The first kappa shape index (κ1) is 28.3. The van der Waals surface area contributed by atoms with E-state index in [4.69, 9.17) is 11.5 Å². The fraction of sp³-hybridized carbons (Fsp3) is 0.400. The molecule has 3 aromatic rings. The zero-order valence-corrected chi connectivity index (χ0v) is 20.9. The van der Waals surface area contributed by atoms with Gasteiger partial charge in [-0.05, 0) is 43.9 Å². The standard InChI is InChI=1S/C25H34N8O5/c26-8-4-3-7-20(25(37)38)32-22(34)13-30-24(36)21(10-16-12-28-14-31-16)33-23(35)18(27)9-15-11-29-19-6-2-1-5-17(15)19/h1-2,5-6,11-12,14,18,20-21,29H,3-4,7-10,13,26-27H2,(H,28,31)(H,30,36)(H,32,34)(H,33,35)(H,37,38). The zero-order chi connectivity index (χ0) is 27.5. The molecule has 0 aliphatic rings. The summed E-state index contributed by atoms with van der Waals surface area (Å²) in [5, 5.41) is 17.8. The van der Waals surface area contributed by atoms with Crippen molar-refractivity contribution in [1.82, 2.24) is 30.9 Å². The molecular weight excluding hydrogens is 492 g/mol. The van der Waals surface area contributed by atoms with E-state index in [0.717, 1.165) is 16.5 Å². The number of aliphatic carboxylic acids is 1. The van der Waals surface area contributed by atoms with Gasteiger partial charge in [0, 0.05) is 35.4 Å². The van der Waals surface area contributed by atoms with Gasteiger partial charge in [-0.25, -0.2) is 9.78 Å². The number of imidazole rings is 1. The summed E-state index contributed by atoms with van der Waals surface area (Å²) in [4.78, 5) is 59.5. The number of hydrogen-bond donors (Lipinski definition) is 8. The van der Waals surface area contributed by atoms with Crippen molar-refractivity contribution in [2.24, 2.45) is 11.5 Å². The average molecular weight is 527 g/mol. The minimum atomic E-state index is -1.17. The maximum Gasteiger partial charge on any atom is 0.326 e. The van der Waals surface area contributed by atoms with Gasteiger partial charge in [0.05, 0.1) is 18.9 Å². The smallest absolute Gasteiger partial charge is 0.326 e. The molecule has 10 N–H and O–H groups in total. The molecule has 0 fully saturated rings. The van der Waals surface area contributed by atoms with E-state index in [0.29, 0.717) is 25.1 Å². The fourth-order valence-electron chi connectivity index (χ4n) is 4.02. The Balaban J connectivity index is 1.59. The second-order valence-electron chi connectivity index (χ2n) is 8.97. The highest BCUT2D eigenvalue weighted by Crippen LogP contribution is 2.18. The highest BCUT2D eigenvalue weighted by molar-refractivity contribution is 5.93. The molecule has 38 heavy (non-hydrogen) atoms. The van der Waals surface area contributed by atoms with E-state index >= 15 is 0 Å². The number of carbonyl (C=O) groups excluding carboxylic acids is 3. The molecule has 13 nitrogen and oxygen atoms in total. The summed E-state index contributed by atoms with van der Waals surface area (Å²) in [7, 11) is 0. The maximum atomic E-state index is 12.9. The number of nitrogens with one attached hydrogen (secondary N) is 5. The van der Waals surface area contributed by atoms with Gasteiger partial charge in [0.2, 0.25) is 17.7 Å². The second kappa shape index (κ2) is 13.9. The number of nitrogens with zero attached hydrogens (tertiary/aromatic N) is 1. The average Bonchev–Trinajstić information content (AvgIpc) is 3.56. The lowest BCUT2D eigenvalue weighted by molar-refractivity contribution is -0.142. The van der Waals surface area contributed by atoms with Crippen LogP contribution in [0.4, 0.5) is 0 Å². The first-order valence-corrected chi connectivity index (χ1v) is 12.4. The molecule has 3 rings (SSSR count). The number of aromatic nitrogens is 3. The van der Waals surface area contributed by atoms with Gasteiger partial charge in [0.25, 0.3) is 0 Å².